The van der Waals surface area contributed by atoms with Gasteiger partial charge >= 0.3 is 0 Å². The lowest BCUT2D eigenvalue weighted by atomic mass is 9.93. The Hall–Kier alpha value is -4.13. The maximum absolute atomic E-state index is 13.2. The van der Waals surface area contributed by atoms with Crippen molar-refractivity contribution >= 4 is 17.4 Å². The first-order valence-corrected chi connectivity index (χ1v) is 10.4. The van der Waals surface area contributed by atoms with E-state index in [4.69, 9.17) is 9.47 Å². The van der Waals surface area contributed by atoms with Crippen LogP contribution in [0.15, 0.2) is 72.6 Å². The molecule has 0 saturated carbocycles. The highest BCUT2D eigenvalue weighted by Crippen LogP contribution is 2.43. The number of likely N-dealkylation sites (tertiary alicyclic amines) is 1. The van der Waals surface area contributed by atoms with Crippen LogP contribution in [-0.4, -0.2) is 40.9 Å². The molecule has 4 rings (SSSR count). The van der Waals surface area contributed by atoms with Crippen LogP contribution in [0.5, 0.6) is 11.5 Å². The summed E-state index contributed by atoms with van der Waals surface area (Å²) in [6, 6.07) is 15.1. The molecule has 0 spiro atoms. The molecule has 2 aromatic carbocycles. The Labute approximate surface area is 191 Å². The molecule has 0 bridgehead atoms. The van der Waals surface area contributed by atoms with Crippen molar-refractivity contribution in [3.63, 3.8) is 0 Å². The first-order valence-electron chi connectivity index (χ1n) is 10.4. The van der Waals surface area contributed by atoms with E-state index in [2.05, 4.69) is 4.98 Å². The fourth-order valence-corrected chi connectivity index (χ4v) is 4.12. The number of rotatable bonds is 6. The second kappa shape index (κ2) is 9.16. The third-order valence-electron chi connectivity index (χ3n) is 5.74. The Balaban J connectivity index is 1.91. The molecule has 7 nitrogen and oxygen atoms in total. The second-order valence-electron chi connectivity index (χ2n) is 7.71. The smallest absolute Gasteiger partial charge is 0.295 e. The van der Waals surface area contributed by atoms with Gasteiger partial charge in [0, 0.05) is 30.1 Å². The van der Waals surface area contributed by atoms with Crippen LogP contribution in [0.2, 0.25) is 0 Å². The van der Waals surface area contributed by atoms with Crippen molar-refractivity contribution in [2.45, 2.75) is 19.5 Å². The van der Waals surface area contributed by atoms with Gasteiger partial charge in [-0.3, -0.25) is 14.6 Å². The number of hydrogen-bond acceptors (Lipinski definition) is 6. The van der Waals surface area contributed by atoms with Crippen molar-refractivity contribution in [2.24, 2.45) is 0 Å². The molecular formula is C26H24N2O5. The van der Waals surface area contributed by atoms with E-state index >= 15 is 0 Å². The van der Waals surface area contributed by atoms with Gasteiger partial charge in [0.05, 0.1) is 25.8 Å². The minimum Gasteiger partial charge on any atom is -0.507 e. The summed E-state index contributed by atoms with van der Waals surface area (Å²) in [7, 11) is 3.08. The van der Waals surface area contributed by atoms with Gasteiger partial charge in [-0.25, -0.2) is 0 Å². The molecule has 0 radical (unpaired) electrons. The first-order chi connectivity index (χ1) is 16.0. The minimum atomic E-state index is -0.831. The number of carbonyl (C=O) groups is 2. The molecule has 1 aliphatic heterocycles. The highest BCUT2D eigenvalue weighted by Gasteiger charge is 2.47. The van der Waals surface area contributed by atoms with E-state index in [9.17, 15) is 14.7 Å². The normalized spacial score (nSPS) is 17.3. The van der Waals surface area contributed by atoms with Gasteiger partial charge in [0.25, 0.3) is 11.7 Å². The number of aromatic nitrogens is 1. The SMILES string of the molecule is COc1ccc(/C(O)=C2\C(=O)C(=O)N(Cc3cccnc3)[C@H]2c2ccccc2OC)c(C)c1. The fraction of sp³-hybridized carbons (Fsp3) is 0.192. The molecule has 1 saturated heterocycles. The van der Waals surface area contributed by atoms with Crippen LogP contribution in [0.25, 0.3) is 5.76 Å². The number of ether oxygens (including phenoxy) is 2. The van der Waals surface area contributed by atoms with E-state index in [-0.39, 0.29) is 17.9 Å². The lowest BCUT2D eigenvalue weighted by Crippen LogP contribution is -2.29. The molecule has 168 valence electrons. The van der Waals surface area contributed by atoms with Crippen LogP contribution >= 0.6 is 0 Å². The number of aliphatic hydroxyl groups is 1. The number of nitrogens with zero attached hydrogens (tertiary/aromatic N) is 2. The molecule has 1 aliphatic rings. The van der Waals surface area contributed by atoms with Crippen LogP contribution in [0, 0.1) is 6.92 Å². The first kappa shape index (κ1) is 22.1. The average molecular weight is 444 g/mol. The molecule has 3 aromatic rings. The molecule has 0 unspecified atom stereocenters. The third kappa shape index (κ3) is 4.05. The Bertz CT molecular complexity index is 1240. The average Bonchev–Trinajstić information content (AvgIpc) is 3.09. The number of methoxy groups -OCH3 is 2. The van der Waals surface area contributed by atoms with Gasteiger partial charge < -0.3 is 19.5 Å². The summed E-state index contributed by atoms with van der Waals surface area (Å²) >= 11 is 0. The monoisotopic (exact) mass is 444 g/mol. The van der Waals surface area contributed by atoms with E-state index < -0.39 is 17.7 Å². The number of hydrogen-bond donors (Lipinski definition) is 1. The van der Waals surface area contributed by atoms with E-state index in [1.165, 1.54) is 12.0 Å². The summed E-state index contributed by atoms with van der Waals surface area (Å²) in [5.41, 5.74) is 2.55. The van der Waals surface area contributed by atoms with E-state index in [1.54, 1.807) is 68.9 Å². The number of pyridine rings is 1. The van der Waals surface area contributed by atoms with Gasteiger partial charge in [0.15, 0.2) is 0 Å². The summed E-state index contributed by atoms with van der Waals surface area (Å²) in [5, 5.41) is 11.3. The molecular weight excluding hydrogens is 420 g/mol. The largest absolute Gasteiger partial charge is 0.507 e. The second-order valence-corrected chi connectivity index (χ2v) is 7.71. The molecule has 2 heterocycles. The predicted octanol–water partition coefficient (Wildman–Crippen LogP) is 4.03. The van der Waals surface area contributed by atoms with Gasteiger partial charge in [-0.05, 0) is 48.4 Å². The van der Waals surface area contributed by atoms with Crippen molar-refractivity contribution in [1.29, 1.82) is 0 Å². The zero-order chi connectivity index (χ0) is 23.5. The minimum absolute atomic E-state index is 0.0154. The van der Waals surface area contributed by atoms with Crippen LogP contribution in [0.3, 0.4) is 0 Å². The zero-order valence-corrected chi connectivity index (χ0v) is 18.6. The summed E-state index contributed by atoms with van der Waals surface area (Å²) < 4.78 is 10.8. The Kier molecular flexibility index (Phi) is 6.13. The van der Waals surface area contributed by atoms with Crippen LogP contribution in [0.4, 0.5) is 0 Å². The highest BCUT2D eigenvalue weighted by atomic mass is 16.5. The number of Topliss-reactive ketones (excluding diaryl/α,β-unsaturated/α-hetero) is 1. The van der Waals surface area contributed by atoms with Crippen molar-refractivity contribution in [2.75, 3.05) is 14.2 Å². The van der Waals surface area contributed by atoms with Crippen LogP contribution in [-0.2, 0) is 16.1 Å². The third-order valence-corrected chi connectivity index (χ3v) is 5.74. The number of carbonyl (C=O) groups excluding carboxylic acids is 2. The highest BCUT2D eigenvalue weighted by molar-refractivity contribution is 6.46. The standard InChI is InChI=1S/C26H24N2O5/c1-16-13-18(32-2)10-11-19(16)24(29)22-23(20-8-4-5-9-21(20)33-3)28(26(31)25(22)30)15-17-7-6-12-27-14-17/h4-14,23,29H,15H2,1-3H3/b24-22+/t23-/m0/s1. The lowest BCUT2D eigenvalue weighted by molar-refractivity contribution is -0.140. The molecule has 1 aromatic heterocycles. The summed E-state index contributed by atoms with van der Waals surface area (Å²) in [4.78, 5) is 32.0. The topological polar surface area (TPSA) is 89.0 Å². The van der Waals surface area contributed by atoms with E-state index in [0.717, 1.165) is 5.56 Å². The predicted molar refractivity (Wildman–Crippen MR) is 123 cm³/mol. The lowest BCUT2D eigenvalue weighted by Gasteiger charge is -2.26. The van der Waals surface area contributed by atoms with Gasteiger partial charge in [-0.2, -0.15) is 0 Å². The van der Waals surface area contributed by atoms with Gasteiger partial charge in [-0.15, -0.1) is 0 Å². The zero-order valence-electron chi connectivity index (χ0n) is 18.6. The molecule has 1 fully saturated rings. The number of aliphatic hydroxyl groups excluding tert-OH is 1. The molecule has 33 heavy (non-hydrogen) atoms. The summed E-state index contributed by atoms with van der Waals surface area (Å²) in [6.45, 7) is 1.96. The van der Waals surface area contributed by atoms with Gasteiger partial charge in [0.1, 0.15) is 17.3 Å². The Morgan fingerprint density at radius 1 is 1.06 bits per heavy atom. The Morgan fingerprint density at radius 2 is 1.85 bits per heavy atom. The molecule has 1 amide bonds. The van der Waals surface area contributed by atoms with Gasteiger partial charge in [-0.1, -0.05) is 24.3 Å². The van der Waals surface area contributed by atoms with Crippen molar-refractivity contribution in [3.05, 3.63) is 94.8 Å². The quantitative estimate of drug-likeness (QED) is 0.351. The van der Waals surface area contributed by atoms with Crippen molar-refractivity contribution < 1.29 is 24.2 Å². The van der Waals surface area contributed by atoms with E-state index in [0.29, 0.717) is 28.2 Å². The van der Waals surface area contributed by atoms with E-state index in [1.807, 2.05) is 12.1 Å². The Morgan fingerprint density at radius 3 is 2.52 bits per heavy atom. The molecule has 1 atom stereocenters. The van der Waals surface area contributed by atoms with Crippen LogP contribution in [0.1, 0.15) is 28.3 Å². The fourth-order valence-electron chi connectivity index (χ4n) is 4.12. The number of para-hydroxylation sites is 1. The van der Waals surface area contributed by atoms with Gasteiger partial charge in [0.2, 0.25) is 0 Å². The molecule has 0 aliphatic carbocycles. The number of aryl methyl sites for hydroxylation is 1. The number of amides is 1. The maximum atomic E-state index is 13.2. The van der Waals surface area contributed by atoms with Crippen molar-refractivity contribution in [3.8, 4) is 11.5 Å². The van der Waals surface area contributed by atoms with Crippen molar-refractivity contribution in [1.82, 2.24) is 9.88 Å². The molecule has 1 N–H and O–H groups in total. The van der Waals surface area contributed by atoms with Crippen LogP contribution < -0.4 is 9.47 Å². The maximum Gasteiger partial charge on any atom is 0.295 e. The molecule has 7 heteroatoms. The number of ketones is 1. The number of benzene rings is 2. The summed E-state index contributed by atoms with van der Waals surface area (Å²) in [5.74, 6) is -0.539. The summed E-state index contributed by atoms with van der Waals surface area (Å²) in [6.07, 6.45) is 3.29.